The molecule has 0 radical (unpaired) electrons. The van der Waals surface area contributed by atoms with Gasteiger partial charge in [0.25, 0.3) is 0 Å². The summed E-state index contributed by atoms with van der Waals surface area (Å²) in [4.78, 5) is 2.49. The Bertz CT molecular complexity index is 460. The van der Waals surface area contributed by atoms with E-state index in [0.717, 1.165) is 26.1 Å². The molecule has 3 N–H and O–H groups in total. The normalized spacial score (nSPS) is 37.8. The summed E-state index contributed by atoms with van der Waals surface area (Å²) in [5, 5.41) is 10.3. The Hall–Kier alpha value is -0.900. The highest BCUT2D eigenvalue weighted by Crippen LogP contribution is 2.39. The number of nitrogens with two attached hydrogens (primary N) is 1. The highest BCUT2D eigenvalue weighted by atomic mass is 16.3. The van der Waals surface area contributed by atoms with Gasteiger partial charge in [-0.3, -0.25) is 4.90 Å². The minimum atomic E-state index is -0.515. The maximum Gasteiger partial charge on any atom is 0.0758 e. The Balaban J connectivity index is 1.73. The first-order valence-corrected chi connectivity index (χ1v) is 8.30. The molecule has 3 rings (SSSR count). The Morgan fingerprint density at radius 2 is 2.05 bits per heavy atom. The molecule has 21 heavy (non-hydrogen) atoms. The molecule has 1 heterocycles. The lowest BCUT2D eigenvalue weighted by Gasteiger charge is -2.41. The summed E-state index contributed by atoms with van der Waals surface area (Å²) in [6, 6.07) is 11.4. The average molecular weight is 288 g/mol. The quantitative estimate of drug-likeness (QED) is 0.897. The Morgan fingerprint density at radius 3 is 2.67 bits per heavy atom. The zero-order valence-electron chi connectivity index (χ0n) is 13.0. The second kappa shape index (κ2) is 6.07. The van der Waals surface area contributed by atoms with Gasteiger partial charge in [-0.1, -0.05) is 30.3 Å². The van der Waals surface area contributed by atoms with Crippen LogP contribution in [0.5, 0.6) is 0 Å². The number of rotatable bonds is 3. The van der Waals surface area contributed by atoms with Crippen LogP contribution in [0.25, 0.3) is 0 Å². The molecule has 0 bridgehead atoms. The third kappa shape index (κ3) is 3.31. The van der Waals surface area contributed by atoms with Gasteiger partial charge in [-0.05, 0) is 56.6 Å². The molecule has 0 spiro atoms. The summed E-state index contributed by atoms with van der Waals surface area (Å²) in [6.07, 6.45) is 4.52. The number of hydrogen-bond donors (Lipinski definition) is 2. The lowest BCUT2D eigenvalue weighted by Crippen LogP contribution is -2.46. The Labute approximate surface area is 128 Å². The van der Waals surface area contributed by atoms with Crippen LogP contribution in [0.4, 0.5) is 0 Å². The lowest BCUT2D eigenvalue weighted by atomic mass is 9.75. The molecule has 3 heteroatoms. The largest absolute Gasteiger partial charge is 0.389 e. The van der Waals surface area contributed by atoms with E-state index < -0.39 is 5.60 Å². The first-order valence-electron chi connectivity index (χ1n) is 8.30. The molecule has 1 aliphatic carbocycles. The third-order valence-corrected chi connectivity index (χ3v) is 5.48. The molecule has 1 saturated heterocycles. The lowest BCUT2D eigenvalue weighted by molar-refractivity contribution is 0.0468. The molecular weight excluding hydrogens is 260 g/mol. The topological polar surface area (TPSA) is 49.5 Å². The smallest absolute Gasteiger partial charge is 0.0758 e. The fourth-order valence-electron chi connectivity index (χ4n) is 4.22. The predicted molar refractivity (Wildman–Crippen MR) is 86.2 cm³/mol. The SMILES string of the molecule is CC1(O)CCN(C2CC(c3ccccc3)CCC2CN)C1. The fraction of sp³-hybridized carbons (Fsp3) is 0.667. The molecule has 3 nitrogen and oxygen atoms in total. The fourth-order valence-corrected chi connectivity index (χ4v) is 4.22. The summed E-state index contributed by atoms with van der Waals surface area (Å²) in [5.74, 6) is 1.23. The molecule has 2 fully saturated rings. The van der Waals surface area contributed by atoms with Gasteiger partial charge in [0.15, 0.2) is 0 Å². The van der Waals surface area contributed by atoms with Crippen LogP contribution in [0, 0.1) is 5.92 Å². The molecule has 0 amide bonds. The van der Waals surface area contributed by atoms with Crippen molar-refractivity contribution < 1.29 is 5.11 Å². The van der Waals surface area contributed by atoms with Crippen LogP contribution in [0.3, 0.4) is 0 Å². The van der Waals surface area contributed by atoms with Crippen LogP contribution in [-0.2, 0) is 0 Å². The van der Waals surface area contributed by atoms with Crippen molar-refractivity contribution in [2.45, 2.75) is 50.2 Å². The molecule has 1 aliphatic heterocycles. The van der Waals surface area contributed by atoms with E-state index in [9.17, 15) is 5.11 Å². The van der Waals surface area contributed by atoms with Crippen molar-refractivity contribution in [2.75, 3.05) is 19.6 Å². The van der Waals surface area contributed by atoms with E-state index in [1.165, 1.54) is 24.8 Å². The van der Waals surface area contributed by atoms with E-state index >= 15 is 0 Å². The summed E-state index contributed by atoms with van der Waals surface area (Å²) in [7, 11) is 0. The van der Waals surface area contributed by atoms with Crippen molar-refractivity contribution >= 4 is 0 Å². The van der Waals surface area contributed by atoms with Crippen LogP contribution >= 0.6 is 0 Å². The molecule has 4 unspecified atom stereocenters. The van der Waals surface area contributed by atoms with Crippen molar-refractivity contribution in [3.8, 4) is 0 Å². The minimum absolute atomic E-state index is 0.515. The molecule has 1 saturated carbocycles. The van der Waals surface area contributed by atoms with Crippen LogP contribution in [0.2, 0.25) is 0 Å². The standard InChI is InChI=1S/C18H28N2O/c1-18(21)9-10-20(13-18)17-11-15(7-8-16(17)12-19)14-5-3-2-4-6-14/h2-6,15-17,21H,7-13,19H2,1H3. The molecule has 0 aromatic heterocycles. The number of likely N-dealkylation sites (tertiary alicyclic amines) is 1. The number of benzene rings is 1. The molecule has 1 aromatic carbocycles. The van der Waals surface area contributed by atoms with Crippen molar-refractivity contribution in [2.24, 2.45) is 11.7 Å². The van der Waals surface area contributed by atoms with Crippen LogP contribution in [0.15, 0.2) is 30.3 Å². The monoisotopic (exact) mass is 288 g/mol. The maximum atomic E-state index is 10.3. The van der Waals surface area contributed by atoms with Crippen LogP contribution < -0.4 is 5.73 Å². The molecule has 2 aliphatic rings. The highest BCUT2D eigenvalue weighted by molar-refractivity contribution is 5.20. The average Bonchev–Trinajstić information content (AvgIpc) is 2.87. The molecule has 1 aromatic rings. The zero-order valence-corrected chi connectivity index (χ0v) is 13.0. The van der Waals surface area contributed by atoms with E-state index in [1.807, 2.05) is 6.92 Å². The first kappa shape index (κ1) is 15.0. The predicted octanol–water partition coefficient (Wildman–Crippen LogP) is 2.35. The molecular formula is C18H28N2O. The zero-order chi connectivity index (χ0) is 14.9. The molecule has 116 valence electrons. The summed E-state index contributed by atoms with van der Waals surface area (Å²) in [5.41, 5.74) is 6.97. The maximum absolute atomic E-state index is 10.3. The van der Waals surface area contributed by atoms with Gasteiger partial charge in [0.05, 0.1) is 5.60 Å². The van der Waals surface area contributed by atoms with E-state index in [-0.39, 0.29) is 0 Å². The van der Waals surface area contributed by atoms with Gasteiger partial charge in [0.2, 0.25) is 0 Å². The van der Waals surface area contributed by atoms with E-state index in [2.05, 4.69) is 35.2 Å². The van der Waals surface area contributed by atoms with Gasteiger partial charge in [-0.25, -0.2) is 0 Å². The summed E-state index contributed by atoms with van der Waals surface area (Å²) >= 11 is 0. The van der Waals surface area contributed by atoms with Gasteiger partial charge in [-0.15, -0.1) is 0 Å². The number of nitrogens with zero attached hydrogens (tertiary/aromatic N) is 1. The van der Waals surface area contributed by atoms with Crippen molar-refractivity contribution in [3.05, 3.63) is 35.9 Å². The highest BCUT2D eigenvalue weighted by Gasteiger charge is 2.40. The summed E-state index contributed by atoms with van der Waals surface area (Å²) < 4.78 is 0. The minimum Gasteiger partial charge on any atom is -0.389 e. The second-order valence-corrected chi connectivity index (χ2v) is 7.20. The number of hydrogen-bond acceptors (Lipinski definition) is 3. The summed E-state index contributed by atoms with van der Waals surface area (Å²) in [6.45, 7) is 4.54. The van der Waals surface area contributed by atoms with Crippen LogP contribution in [0.1, 0.15) is 44.1 Å². The Kier molecular flexibility index (Phi) is 4.34. The van der Waals surface area contributed by atoms with E-state index in [4.69, 9.17) is 5.73 Å². The Morgan fingerprint density at radius 1 is 1.29 bits per heavy atom. The van der Waals surface area contributed by atoms with Gasteiger partial charge in [-0.2, -0.15) is 0 Å². The van der Waals surface area contributed by atoms with Gasteiger partial charge >= 0.3 is 0 Å². The van der Waals surface area contributed by atoms with Gasteiger partial charge < -0.3 is 10.8 Å². The van der Waals surface area contributed by atoms with Crippen LogP contribution in [-0.4, -0.2) is 41.3 Å². The third-order valence-electron chi connectivity index (χ3n) is 5.48. The number of β-amino-alcohol motifs (C(OH)–C–C–N with tert-alkyl or cyclic N) is 1. The first-order chi connectivity index (χ1) is 10.1. The van der Waals surface area contributed by atoms with Gasteiger partial charge in [0.1, 0.15) is 0 Å². The molecule has 4 atom stereocenters. The van der Waals surface area contributed by atoms with Gasteiger partial charge in [0, 0.05) is 19.1 Å². The van der Waals surface area contributed by atoms with Crippen molar-refractivity contribution in [1.82, 2.24) is 4.90 Å². The van der Waals surface area contributed by atoms with Crippen molar-refractivity contribution in [3.63, 3.8) is 0 Å². The number of aliphatic hydroxyl groups is 1. The van der Waals surface area contributed by atoms with Crippen molar-refractivity contribution in [1.29, 1.82) is 0 Å². The van der Waals surface area contributed by atoms with E-state index in [1.54, 1.807) is 0 Å². The van der Waals surface area contributed by atoms with E-state index in [0.29, 0.717) is 17.9 Å². The second-order valence-electron chi connectivity index (χ2n) is 7.20.